The average molecular weight is 409 g/mol. The summed E-state index contributed by atoms with van der Waals surface area (Å²) in [6.07, 6.45) is 1.86. The lowest BCUT2D eigenvalue weighted by atomic mass is 10.1. The van der Waals surface area contributed by atoms with E-state index in [1.54, 1.807) is 30.3 Å². The molecule has 0 bridgehead atoms. The van der Waals surface area contributed by atoms with Crippen molar-refractivity contribution in [2.75, 3.05) is 25.5 Å². The van der Waals surface area contributed by atoms with Crippen LogP contribution in [0.1, 0.15) is 18.4 Å². The van der Waals surface area contributed by atoms with Crippen LogP contribution in [0.4, 0.5) is 5.69 Å². The highest BCUT2D eigenvalue weighted by Gasteiger charge is 2.28. The lowest BCUT2D eigenvalue weighted by Crippen LogP contribution is -2.28. The van der Waals surface area contributed by atoms with E-state index in [0.717, 1.165) is 18.4 Å². The van der Waals surface area contributed by atoms with Gasteiger partial charge in [0.25, 0.3) is 0 Å². The lowest BCUT2D eigenvalue weighted by molar-refractivity contribution is -0.115. The van der Waals surface area contributed by atoms with Crippen LogP contribution in [-0.2, 0) is 21.2 Å². The van der Waals surface area contributed by atoms with E-state index in [2.05, 4.69) is 5.32 Å². The molecular weight excluding hydrogens is 388 g/mol. The average Bonchev–Trinajstić information content (AvgIpc) is 3.19. The van der Waals surface area contributed by atoms with E-state index in [4.69, 9.17) is 16.3 Å². The fourth-order valence-electron chi connectivity index (χ4n) is 3.00. The molecule has 1 amide bonds. The Hall–Kier alpha value is -2.09. The highest BCUT2D eigenvalue weighted by Crippen LogP contribution is 2.30. The van der Waals surface area contributed by atoms with Gasteiger partial charge in [0.05, 0.1) is 24.1 Å². The fraction of sp³-hybridized carbons (Fsp3) is 0.316. The molecule has 6 nitrogen and oxygen atoms in total. The highest BCUT2D eigenvalue weighted by molar-refractivity contribution is 7.89. The zero-order valence-corrected chi connectivity index (χ0v) is 16.5. The van der Waals surface area contributed by atoms with Crippen LogP contribution in [0.5, 0.6) is 5.75 Å². The van der Waals surface area contributed by atoms with Gasteiger partial charge in [0, 0.05) is 18.1 Å². The Labute approximate surface area is 164 Å². The Kier molecular flexibility index (Phi) is 6.04. The van der Waals surface area contributed by atoms with E-state index in [-0.39, 0.29) is 17.2 Å². The van der Waals surface area contributed by atoms with Gasteiger partial charge >= 0.3 is 0 Å². The van der Waals surface area contributed by atoms with Crippen LogP contribution < -0.4 is 10.1 Å². The molecule has 0 aromatic heterocycles. The largest absolute Gasteiger partial charge is 0.495 e. The number of hydrogen-bond donors (Lipinski definition) is 1. The van der Waals surface area contributed by atoms with Gasteiger partial charge in [-0.25, -0.2) is 8.42 Å². The molecule has 2 aromatic carbocycles. The summed E-state index contributed by atoms with van der Waals surface area (Å²) in [5.74, 6) is 0.131. The number of nitrogens with zero attached hydrogens (tertiary/aromatic N) is 1. The summed E-state index contributed by atoms with van der Waals surface area (Å²) in [5, 5.41) is 3.35. The van der Waals surface area contributed by atoms with Crippen LogP contribution in [-0.4, -0.2) is 38.8 Å². The fourth-order valence-corrected chi connectivity index (χ4v) is 4.67. The van der Waals surface area contributed by atoms with Crippen molar-refractivity contribution in [3.8, 4) is 5.75 Å². The van der Waals surface area contributed by atoms with E-state index < -0.39 is 10.0 Å². The van der Waals surface area contributed by atoms with Gasteiger partial charge in [0.2, 0.25) is 15.9 Å². The summed E-state index contributed by atoms with van der Waals surface area (Å²) in [5.41, 5.74) is 1.13. The second kappa shape index (κ2) is 8.29. The number of rotatable bonds is 6. The normalized spacial score (nSPS) is 14.9. The third kappa shape index (κ3) is 4.61. The summed E-state index contributed by atoms with van der Waals surface area (Å²) in [6.45, 7) is 1.04. The molecule has 8 heteroatoms. The van der Waals surface area contributed by atoms with Crippen LogP contribution in [0, 0.1) is 0 Å². The number of methoxy groups -OCH3 is 1. The maximum atomic E-state index is 12.8. The molecule has 0 aliphatic carbocycles. The molecule has 0 unspecified atom stereocenters. The van der Waals surface area contributed by atoms with Gasteiger partial charge in [0.15, 0.2) is 0 Å². The Morgan fingerprint density at radius 3 is 2.44 bits per heavy atom. The SMILES string of the molecule is COc1ccc(S(=O)(=O)N2CCCC2)cc1NC(=O)Cc1ccc(Cl)cc1. The topological polar surface area (TPSA) is 75.7 Å². The molecule has 1 heterocycles. The number of hydrogen-bond acceptors (Lipinski definition) is 4. The molecule has 3 rings (SSSR count). The van der Waals surface area contributed by atoms with Crippen LogP contribution >= 0.6 is 11.6 Å². The van der Waals surface area contributed by atoms with Crippen LogP contribution in [0.25, 0.3) is 0 Å². The second-order valence-corrected chi connectivity index (χ2v) is 8.70. The van der Waals surface area contributed by atoms with E-state index in [1.807, 2.05) is 0 Å². The van der Waals surface area contributed by atoms with Gasteiger partial charge in [-0.1, -0.05) is 23.7 Å². The molecule has 1 aliphatic rings. The standard InChI is InChI=1S/C19H21ClN2O4S/c1-26-18-9-8-16(27(24,25)22-10-2-3-11-22)13-17(18)21-19(23)12-14-4-6-15(20)7-5-14/h4-9,13H,2-3,10-12H2,1H3,(H,21,23). The van der Waals surface area contributed by atoms with Crippen LogP contribution in [0.3, 0.4) is 0 Å². The highest BCUT2D eigenvalue weighted by atomic mass is 35.5. The Morgan fingerprint density at radius 1 is 1.15 bits per heavy atom. The number of ether oxygens (including phenoxy) is 1. The first-order valence-corrected chi connectivity index (χ1v) is 10.4. The van der Waals surface area contributed by atoms with Crippen molar-refractivity contribution < 1.29 is 17.9 Å². The minimum absolute atomic E-state index is 0.142. The molecule has 0 atom stereocenters. The van der Waals surface area contributed by atoms with Crippen molar-refractivity contribution >= 4 is 33.2 Å². The van der Waals surface area contributed by atoms with Crippen molar-refractivity contribution in [2.45, 2.75) is 24.2 Å². The summed E-state index contributed by atoms with van der Waals surface area (Å²) in [7, 11) is -2.10. The zero-order valence-electron chi connectivity index (χ0n) is 14.9. The molecule has 144 valence electrons. The number of sulfonamides is 1. The third-order valence-corrected chi connectivity index (χ3v) is 6.57. The Balaban J connectivity index is 1.81. The number of amides is 1. The summed E-state index contributed by atoms with van der Waals surface area (Å²) in [4.78, 5) is 12.5. The van der Waals surface area contributed by atoms with Gasteiger partial charge in [-0.2, -0.15) is 4.31 Å². The number of benzene rings is 2. The Bertz CT molecular complexity index is 923. The number of halogens is 1. The van der Waals surface area contributed by atoms with Gasteiger partial charge in [-0.15, -0.1) is 0 Å². The first-order valence-electron chi connectivity index (χ1n) is 8.62. The van der Waals surface area contributed by atoms with Crippen molar-refractivity contribution in [3.63, 3.8) is 0 Å². The number of carbonyl (C=O) groups is 1. The molecular formula is C19H21ClN2O4S. The maximum Gasteiger partial charge on any atom is 0.243 e. The van der Waals surface area contributed by atoms with Gasteiger partial charge in [-0.05, 0) is 48.7 Å². The third-order valence-electron chi connectivity index (χ3n) is 4.43. The van der Waals surface area contributed by atoms with Crippen LogP contribution in [0.2, 0.25) is 5.02 Å². The molecule has 0 spiro atoms. The minimum Gasteiger partial charge on any atom is -0.495 e. The Morgan fingerprint density at radius 2 is 1.81 bits per heavy atom. The molecule has 0 radical (unpaired) electrons. The minimum atomic E-state index is -3.57. The summed E-state index contributed by atoms with van der Waals surface area (Å²) >= 11 is 5.85. The van der Waals surface area contributed by atoms with E-state index in [1.165, 1.54) is 23.5 Å². The molecule has 27 heavy (non-hydrogen) atoms. The number of anilines is 1. The predicted octanol–water partition coefficient (Wildman–Crippen LogP) is 3.31. The summed E-state index contributed by atoms with van der Waals surface area (Å²) < 4.78 is 32.2. The van der Waals surface area contributed by atoms with E-state index >= 15 is 0 Å². The molecule has 0 saturated carbocycles. The predicted molar refractivity (Wildman–Crippen MR) is 105 cm³/mol. The van der Waals surface area contributed by atoms with Gasteiger partial charge < -0.3 is 10.1 Å². The number of nitrogens with one attached hydrogen (secondary N) is 1. The van der Waals surface area contributed by atoms with E-state index in [9.17, 15) is 13.2 Å². The monoisotopic (exact) mass is 408 g/mol. The van der Waals surface area contributed by atoms with Crippen molar-refractivity contribution in [2.24, 2.45) is 0 Å². The maximum absolute atomic E-state index is 12.8. The van der Waals surface area contributed by atoms with E-state index in [0.29, 0.717) is 29.5 Å². The smallest absolute Gasteiger partial charge is 0.243 e. The van der Waals surface area contributed by atoms with Gasteiger partial charge in [-0.3, -0.25) is 4.79 Å². The molecule has 1 fully saturated rings. The summed E-state index contributed by atoms with van der Waals surface area (Å²) in [6, 6.07) is 11.5. The molecule has 2 aromatic rings. The second-order valence-electron chi connectivity index (χ2n) is 6.32. The molecule has 1 aliphatic heterocycles. The van der Waals surface area contributed by atoms with Crippen molar-refractivity contribution in [1.82, 2.24) is 4.31 Å². The van der Waals surface area contributed by atoms with Crippen molar-refractivity contribution in [3.05, 3.63) is 53.1 Å². The first-order chi connectivity index (χ1) is 12.9. The number of carbonyl (C=O) groups excluding carboxylic acids is 1. The van der Waals surface area contributed by atoms with Gasteiger partial charge in [0.1, 0.15) is 5.75 Å². The lowest BCUT2D eigenvalue weighted by Gasteiger charge is -2.17. The van der Waals surface area contributed by atoms with Crippen molar-refractivity contribution in [1.29, 1.82) is 0 Å². The zero-order chi connectivity index (χ0) is 19.4. The van der Waals surface area contributed by atoms with Crippen LogP contribution in [0.15, 0.2) is 47.4 Å². The molecule has 1 N–H and O–H groups in total. The molecule has 1 saturated heterocycles. The first kappa shape index (κ1) is 19.7. The quantitative estimate of drug-likeness (QED) is 0.795.